The highest BCUT2D eigenvalue weighted by Gasteiger charge is 2.12. The molecule has 7 heteroatoms. The van der Waals surface area contributed by atoms with Crippen LogP contribution in [-0.2, 0) is 0 Å². The van der Waals surface area contributed by atoms with Crippen molar-refractivity contribution in [3.8, 4) is 11.5 Å². The molecule has 0 aromatic carbocycles. The number of aryl methyl sites for hydroxylation is 1. The SMILES string of the molecule is Bn1cnc2c(Cl)nc(-c3cccc(C)n3)nc21. The van der Waals surface area contributed by atoms with Gasteiger partial charge in [-0.15, -0.1) is 0 Å². The highest BCUT2D eigenvalue weighted by molar-refractivity contribution is 6.33. The van der Waals surface area contributed by atoms with Crippen molar-refractivity contribution in [2.45, 2.75) is 6.92 Å². The zero-order valence-electron chi connectivity index (χ0n) is 9.92. The third kappa shape index (κ3) is 1.74. The van der Waals surface area contributed by atoms with Gasteiger partial charge in [-0.3, -0.25) is 0 Å². The lowest BCUT2D eigenvalue weighted by atomic mass is 10.3. The van der Waals surface area contributed by atoms with Gasteiger partial charge in [-0.25, -0.2) is 19.9 Å². The van der Waals surface area contributed by atoms with Gasteiger partial charge in [0.2, 0.25) is 7.98 Å². The number of aromatic nitrogens is 5. The Bertz CT molecular complexity index is 739. The molecule has 0 fully saturated rings. The Morgan fingerprint density at radius 2 is 2.06 bits per heavy atom. The van der Waals surface area contributed by atoms with E-state index in [1.54, 1.807) is 6.33 Å². The average molecular weight is 257 g/mol. The Hall–Kier alpha value is -1.95. The number of hydrogen-bond donors (Lipinski definition) is 0. The van der Waals surface area contributed by atoms with Crippen LogP contribution in [0.5, 0.6) is 0 Å². The fourth-order valence-corrected chi connectivity index (χ4v) is 1.97. The number of imidazole rings is 1. The average Bonchev–Trinajstić information content (AvgIpc) is 2.72. The maximum atomic E-state index is 6.11. The molecule has 0 radical (unpaired) electrons. The number of rotatable bonds is 1. The summed E-state index contributed by atoms with van der Waals surface area (Å²) in [6.45, 7) is 1.92. The molecule has 0 atom stereocenters. The molecule has 0 bridgehead atoms. The molecular formula is C11H9BClN5. The Morgan fingerprint density at radius 3 is 2.83 bits per heavy atom. The van der Waals surface area contributed by atoms with Gasteiger partial charge < -0.3 is 4.48 Å². The van der Waals surface area contributed by atoms with Crippen molar-refractivity contribution in [3.63, 3.8) is 0 Å². The summed E-state index contributed by atoms with van der Waals surface area (Å²) in [6, 6.07) is 5.71. The minimum absolute atomic E-state index is 0.346. The number of halogens is 1. The molecular weight excluding hydrogens is 248 g/mol. The molecule has 0 aliphatic carbocycles. The number of fused-ring (bicyclic) bond motifs is 1. The van der Waals surface area contributed by atoms with Gasteiger partial charge in [-0.05, 0) is 19.1 Å². The molecule has 3 heterocycles. The van der Waals surface area contributed by atoms with Gasteiger partial charge in [0.05, 0.1) is 6.33 Å². The van der Waals surface area contributed by atoms with Crippen molar-refractivity contribution in [2.24, 2.45) is 0 Å². The van der Waals surface area contributed by atoms with E-state index in [4.69, 9.17) is 11.6 Å². The van der Waals surface area contributed by atoms with E-state index in [1.165, 1.54) is 0 Å². The molecule has 0 saturated carbocycles. The molecule has 0 saturated heterocycles. The van der Waals surface area contributed by atoms with Crippen LogP contribution in [0.4, 0.5) is 0 Å². The summed E-state index contributed by atoms with van der Waals surface area (Å²) in [5.41, 5.74) is 2.93. The second-order valence-corrected chi connectivity index (χ2v) is 4.39. The second-order valence-electron chi connectivity index (χ2n) is 4.03. The zero-order chi connectivity index (χ0) is 12.7. The molecule has 0 aliphatic rings. The second kappa shape index (κ2) is 4.06. The molecule has 88 valence electrons. The molecule has 3 aromatic heterocycles. The molecule has 18 heavy (non-hydrogen) atoms. The van der Waals surface area contributed by atoms with Crippen LogP contribution in [0.1, 0.15) is 5.69 Å². The standard InChI is InChI=1S/C11H9BClN5/c1-6-3-2-4-7(15-6)10-16-9(13)8-11(17-10)18(12)5-14-8/h2-5H,12H2,1H3. The molecule has 5 nitrogen and oxygen atoms in total. The van der Waals surface area contributed by atoms with Crippen molar-refractivity contribution in [3.05, 3.63) is 35.4 Å². The van der Waals surface area contributed by atoms with E-state index >= 15 is 0 Å². The first kappa shape index (κ1) is 11.2. The minimum Gasteiger partial charge on any atom is -0.368 e. The minimum atomic E-state index is 0.346. The van der Waals surface area contributed by atoms with Gasteiger partial charge >= 0.3 is 0 Å². The van der Waals surface area contributed by atoms with E-state index in [0.717, 1.165) is 5.69 Å². The van der Waals surface area contributed by atoms with Gasteiger partial charge in [-0.1, -0.05) is 17.7 Å². The highest BCUT2D eigenvalue weighted by Crippen LogP contribution is 2.22. The summed E-state index contributed by atoms with van der Waals surface area (Å²) < 4.78 is 1.81. The summed E-state index contributed by atoms with van der Waals surface area (Å²) in [5, 5.41) is 0.346. The van der Waals surface area contributed by atoms with E-state index < -0.39 is 0 Å². The lowest BCUT2D eigenvalue weighted by Gasteiger charge is -2.02. The topological polar surface area (TPSA) is 56.5 Å². The predicted octanol–water partition coefficient (Wildman–Crippen LogP) is 1.25. The fourth-order valence-electron chi connectivity index (χ4n) is 1.75. The molecule has 0 amide bonds. The molecule has 3 aromatic rings. The van der Waals surface area contributed by atoms with Crippen LogP contribution in [0.15, 0.2) is 24.5 Å². The van der Waals surface area contributed by atoms with Gasteiger partial charge in [0.25, 0.3) is 0 Å². The van der Waals surface area contributed by atoms with E-state index in [2.05, 4.69) is 19.9 Å². The number of hydrogen-bond acceptors (Lipinski definition) is 4. The molecule has 0 unspecified atom stereocenters. The van der Waals surface area contributed by atoms with Crippen molar-refractivity contribution in [1.29, 1.82) is 0 Å². The third-order valence-corrected chi connectivity index (χ3v) is 2.90. The largest absolute Gasteiger partial charge is 0.368 e. The molecule has 3 rings (SSSR count). The molecule has 0 N–H and O–H groups in total. The molecule has 0 spiro atoms. The highest BCUT2D eigenvalue weighted by atomic mass is 35.5. The van der Waals surface area contributed by atoms with Crippen LogP contribution in [0.3, 0.4) is 0 Å². The lowest BCUT2D eigenvalue weighted by Crippen LogP contribution is -1.97. The van der Waals surface area contributed by atoms with E-state index in [0.29, 0.717) is 27.8 Å². The van der Waals surface area contributed by atoms with Gasteiger partial charge in [-0.2, -0.15) is 0 Å². The van der Waals surface area contributed by atoms with Crippen LogP contribution in [0.25, 0.3) is 22.7 Å². The van der Waals surface area contributed by atoms with Crippen LogP contribution in [-0.4, -0.2) is 32.4 Å². The number of nitrogens with zero attached hydrogens (tertiary/aromatic N) is 5. The Balaban J connectivity index is 2.27. The van der Waals surface area contributed by atoms with Crippen molar-refractivity contribution in [1.82, 2.24) is 24.4 Å². The van der Waals surface area contributed by atoms with Gasteiger partial charge in [0.15, 0.2) is 16.6 Å². The van der Waals surface area contributed by atoms with E-state index in [-0.39, 0.29) is 0 Å². The van der Waals surface area contributed by atoms with Crippen molar-refractivity contribution < 1.29 is 0 Å². The Kier molecular flexibility index (Phi) is 2.52. The third-order valence-electron chi connectivity index (χ3n) is 2.63. The fraction of sp³-hybridized carbons (Fsp3) is 0.0909. The summed E-state index contributed by atoms with van der Waals surface area (Å²) in [4.78, 5) is 17.2. The van der Waals surface area contributed by atoms with E-state index in [9.17, 15) is 0 Å². The predicted molar refractivity (Wildman–Crippen MR) is 72.2 cm³/mol. The summed E-state index contributed by atoms with van der Waals surface area (Å²) in [5.74, 6) is 0.514. The van der Waals surface area contributed by atoms with Crippen molar-refractivity contribution in [2.75, 3.05) is 0 Å². The first-order chi connectivity index (χ1) is 8.65. The first-order valence-electron chi connectivity index (χ1n) is 5.44. The lowest BCUT2D eigenvalue weighted by molar-refractivity contribution is 1.12. The first-order valence-corrected chi connectivity index (χ1v) is 5.81. The van der Waals surface area contributed by atoms with Crippen LogP contribution in [0.2, 0.25) is 5.15 Å². The summed E-state index contributed by atoms with van der Waals surface area (Å²) in [7, 11) is 1.87. The summed E-state index contributed by atoms with van der Waals surface area (Å²) in [6.07, 6.45) is 1.67. The Morgan fingerprint density at radius 1 is 1.22 bits per heavy atom. The van der Waals surface area contributed by atoms with Crippen LogP contribution < -0.4 is 0 Å². The normalized spacial score (nSPS) is 11.0. The van der Waals surface area contributed by atoms with Crippen LogP contribution >= 0.6 is 11.6 Å². The monoisotopic (exact) mass is 257 g/mol. The van der Waals surface area contributed by atoms with Gasteiger partial charge in [0.1, 0.15) is 11.2 Å². The smallest absolute Gasteiger partial charge is 0.226 e. The van der Waals surface area contributed by atoms with Crippen molar-refractivity contribution >= 4 is 30.7 Å². The molecule has 0 aliphatic heterocycles. The maximum Gasteiger partial charge on any atom is 0.226 e. The van der Waals surface area contributed by atoms with Gasteiger partial charge in [0, 0.05) is 5.69 Å². The van der Waals surface area contributed by atoms with E-state index in [1.807, 2.05) is 37.6 Å². The summed E-state index contributed by atoms with van der Waals surface area (Å²) >= 11 is 6.11. The quantitative estimate of drug-likeness (QED) is 0.486. The van der Waals surface area contributed by atoms with Crippen LogP contribution in [0, 0.1) is 6.92 Å². The number of pyridine rings is 1. The Labute approximate surface area is 109 Å². The zero-order valence-corrected chi connectivity index (χ0v) is 10.7. The maximum absolute atomic E-state index is 6.11.